The zero-order valence-electron chi connectivity index (χ0n) is 5.54. The highest BCUT2D eigenvalue weighted by Crippen LogP contribution is 2.14. The molecule has 0 saturated heterocycles. The van der Waals surface area contributed by atoms with Crippen molar-refractivity contribution in [2.75, 3.05) is 0 Å². The highest BCUT2D eigenvalue weighted by atomic mass is 15.1. The van der Waals surface area contributed by atoms with Crippen molar-refractivity contribution in [1.82, 2.24) is 5.32 Å². The number of nitrogens with zero attached hydrogens (tertiary/aromatic N) is 1. The van der Waals surface area contributed by atoms with Crippen LogP contribution in [0.25, 0.3) is 0 Å². The van der Waals surface area contributed by atoms with Crippen LogP contribution in [-0.4, -0.2) is 24.1 Å². The van der Waals surface area contributed by atoms with E-state index in [0.29, 0.717) is 11.8 Å². The number of fused-ring (bicyclic) bond motifs is 1. The van der Waals surface area contributed by atoms with E-state index in [0.717, 1.165) is 6.42 Å². The standard InChI is InChI=1S/C7H9N3/c8-5-1-2-6-7(3-5)10-4-9-6/h1-2,4,6-8H,3H2,(H,9,10). The lowest BCUT2D eigenvalue weighted by Crippen LogP contribution is -2.34. The van der Waals surface area contributed by atoms with Crippen LogP contribution in [0.5, 0.6) is 0 Å². The molecule has 2 atom stereocenters. The molecule has 0 fully saturated rings. The minimum atomic E-state index is 0.286. The van der Waals surface area contributed by atoms with E-state index in [1.54, 1.807) is 6.34 Å². The summed E-state index contributed by atoms with van der Waals surface area (Å²) in [6.45, 7) is 0. The molecule has 3 heteroatoms. The fourth-order valence-electron chi connectivity index (χ4n) is 1.31. The first-order chi connectivity index (χ1) is 4.86. The van der Waals surface area contributed by atoms with Gasteiger partial charge in [0.05, 0.1) is 18.4 Å². The second-order valence-corrected chi connectivity index (χ2v) is 2.63. The van der Waals surface area contributed by atoms with E-state index in [1.807, 2.05) is 12.2 Å². The Morgan fingerprint density at radius 3 is 3.50 bits per heavy atom. The van der Waals surface area contributed by atoms with Gasteiger partial charge in [0.25, 0.3) is 0 Å². The summed E-state index contributed by atoms with van der Waals surface area (Å²) in [6.07, 6.45) is 6.36. The van der Waals surface area contributed by atoms with E-state index in [9.17, 15) is 0 Å². The molecule has 0 radical (unpaired) electrons. The van der Waals surface area contributed by atoms with Crippen LogP contribution in [-0.2, 0) is 0 Å². The number of hydrogen-bond acceptors (Lipinski definition) is 3. The van der Waals surface area contributed by atoms with Gasteiger partial charge in [-0.15, -0.1) is 0 Å². The first-order valence-corrected chi connectivity index (χ1v) is 3.39. The van der Waals surface area contributed by atoms with Gasteiger partial charge in [0.15, 0.2) is 0 Å². The molecule has 10 heavy (non-hydrogen) atoms. The predicted octanol–water partition coefficient (Wildman–Crippen LogP) is 0.335. The summed E-state index contributed by atoms with van der Waals surface area (Å²) in [5.74, 6) is 0. The molecule has 2 rings (SSSR count). The van der Waals surface area contributed by atoms with Gasteiger partial charge in [0.1, 0.15) is 0 Å². The molecule has 2 aliphatic rings. The highest BCUT2D eigenvalue weighted by Gasteiger charge is 2.24. The van der Waals surface area contributed by atoms with Crippen molar-refractivity contribution in [2.45, 2.75) is 18.5 Å². The predicted molar refractivity (Wildman–Crippen MR) is 40.7 cm³/mol. The second kappa shape index (κ2) is 1.94. The molecule has 52 valence electrons. The summed E-state index contributed by atoms with van der Waals surface area (Å²) in [4.78, 5) is 4.17. The Bertz CT molecular complexity index is 217. The van der Waals surface area contributed by atoms with Gasteiger partial charge in [-0.25, -0.2) is 0 Å². The summed E-state index contributed by atoms with van der Waals surface area (Å²) < 4.78 is 0. The molecule has 0 aromatic carbocycles. The number of hydrogen-bond donors (Lipinski definition) is 2. The molecule has 2 unspecified atom stereocenters. The normalized spacial score (nSPS) is 35.8. The van der Waals surface area contributed by atoms with E-state index in [-0.39, 0.29) is 6.04 Å². The van der Waals surface area contributed by atoms with Crippen LogP contribution in [0.15, 0.2) is 17.1 Å². The van der Waals surface area contributed by atoms with Crippen molar-refractivity contribution < 1.29 is 0 Å². The maximum atomic E-state index is 7.36. The van der Waals surface area contributed by atoms with E-state index < -0.39 is 0 Å². The van der Waals surface area contributed by atoms with Gasteiger partial charge in [0, 0.05) is 12.1 Å². The summed E-state index contributed by atoms with van der Waals surface area (Å²) in [5.41, 5.74) is 0.694. The molecule has 0 amide bonds. The Hall–Kier alpha value is -1.12. The lowest BCUT2D eigenvalue weighted by Gasteiger charge is -2.18. The van der Waals surface area contributed by atoms with Crippen LogP contribution in [0.3, 0.4) is 0 Å². The van der Waals surface area contributed by atoms with Gasteiger partial charge in [-0.1, -0.05) is 6.08 Å². The Morgan fingerprint density at radius 1 is 1.70 bits per heavy atom. The maximum Gasteiger partial charge on any atom is 0.0905 e. The highest BCUT2D eigenvalue weighted by molar-refractivity contribution is 5.94. The van der Waals surface area contributed by atoms with Gasteiger partial charge < -0.3 is 10.7 Å². The van der Waals surface area contributed by atoms with E-state index in [4.69, 9.17) is 5.41 Å². The SMILES string of the molecule is N=C1C=CC2N=CNC2C1. The van der Waals surface area contributed by atoms with Gasteiger partial charge in [-0.2, -0.15) is 0 Å². The molecular formula is C7H9N3. The summed E-state index contributed by atoms with van der Waals surface area (Å²) in [5, 5.41) is 10.5. The maximum absolute atomic E-state index is 7.36. The van der Waals surface area contributed by atoms with E-state index in [2.05, 4.69) is 10.3 Å². The molecule has 0 saturated carbocycles. The van der Waals surface area contributed by atoms with Crippen LogP contribution in [0.2, 0.25) is 0 Å². The van der Waals surface area contributed by atoms with E-state index in [1.165, 1.54) is 0 Å². The van der Waals surface area contributed by atoms with Crippen LogP contribution in [0, 0.1) is 5.41 Å². The lowest BCUT2D eigenvalue weighted by atomic mass is 9.97. The Kier molecular flexibility index (Phi) is 1.09. The molecule has 1 heterocycles. The first kappa shape index (κ1) is 5.65. The Morgan fingerprint density at radius 2 is 2.60 bits per heavy atom. The van der Waals surface area contributed by atoms with Crippen LogP contribution in [0.4, 0.5) is 0 Å². The van der Waals surface area contributed by atoms with Crippen LogP contribution >= 0.6 is 0 Å². The molecule has 0 spiro atoms. The number of rotatable bonds is 0. The van der Waals surface area contributed by atoms with Gasteiger partial charge in [-0.3, -0.25) is 4.99 Å². The van der Waals surface area contributed by atoms with Gasteiger partial charge in [-0.05, 0) is 6.08 Å². The third-order valence-corrected chi connectivity index (χ3v) is 1.88. The van der Waals surface area contributed by atoms with Crippen molar-refractivity contribution in [3.05, 3.63) is 12.2 Å². The third kappa shape index (κ3) is 0.744. The monoisotopic (exact) mass is 135 g/mol. The van der Waals surface area contributed by atoms with Gasteiger partial charge >= 0.3 is 0 Å². The fraction of sp³-hybridized carbons (Fsp3) is 0.429. The number of nitrogens with one attached hydrogen (secondary N) is 2. The molecule has 2 N–H and O–H groups in total. The third-order valence-electron chi connectivity index (χ3n) is 1.88. The summed E-state index contributed by atoms with van der Waals surface area (Å²) >= 11 is 0. The van der Waals surface area contributed by atoms with E-state index >= 15 is 0 Å². The van der Waals surface area contributed by atoms with Crippen molar-refractivity contribution in [3.8, 4) is 0 Å². The van der Waals surface area contributed by atoms with Crippen molar-refractivity contribution in [1.29, 1.82) is 5.41 Å². The molecule has 0 aromatic rings. The molecule has 1 aliphatic heterocycles. The Balaban J connectivity index is 2.21. The zero-order valence-corrected chi connectivity index (χ0v) is 5.54. The second-order valence-electron chi connectivity index (χ2n) is 2.63. The quantitative estimate of drug-likeness (QED) is 0.494. The fourth-order valence-corrected chi connectivity index (χ4v) is 1.31. The molecule has 3 nitrogen and oxygen atoms in total. The van der Waals surface area contributed by atoms with Crippen LogP contribution in [0.1, 0.15) is 6.42 Å². The van der Waals surface area contributed by atoms with Crippen molar-refractivity contribution >= 4 is 12.1 Å². The topological polar surface area (TPSA) is 48.2 Å². The lowest BCUT2D eigenvalue weighted by molar-refractivity contribution is 0.603. The molecule has 1 aliphatic carbocycles. The molecule has 0 aromatic heterocycles. The van der Waals surface area contributed by atoms with Gasteiger partial charge in [0.2, 0.25) is 0 Å². The largest absolute Gasteiger partial charge is 0.371 e. The molecule has 0 bridgehead atoms. The number of aliphatic imine (C=N–C) groups is 1. The summed E-state index contributed by atoms with van der Waals surface area (Å²) in [6, 6.07) is 0.645. The van der Waals surface area contributed by atoms with Crippen molar-refractivity contribution in [2.24, 2.45) is 4.99 Å². The average Bonchev–Trinajstić information content (AvgIpc) is 2.33. The Labute approximate surface area is 59.4 Å². The minimum Gasteiger partial charge on any atom is -0.371 e. The first-order valence-electron chi connectivity index (χ1n) is 3.39. The van der Waals surface area contributed by atoms with Crippen LogP contribution < -0.4 is 5.32 Å². The number of allylic oxidation sites excluding steroid dienone is 1. The van der Waals surface area contributed by atoms with Crippen molar-refractivity contribution in [3.63, 3.8) is 0 Å². The average molecular weight is 135 g/mol. The zero-order chi connectivity index (χ0) is 6.97. The summed E-state index contributed by atoms with van der Waals surface area (Å²) in [7, 11) is 0. The molecular weight excluding hydrogens is 126 g/mol. The smallest absolute Gasteiger partial charge is 0.0905 e. The minimum absolute atomic E-state index is 0.286.